The van der Waals surface area contributed by atoms with Crippen LogP contribution in [0.25, 0.3) is 10.8 Å². The summed E-state index contributed by atoms with van der Waals surface area (Å²) < 4.78 is 10.5. The Balaban J connectivity index is 1.73. The van der Waals surface area contributed by atoms with Crippen molar-refractivity contribution >= 4 is 51.5 Å². The van der Waals surface area contributed by atoms with Crippen LogP contribution < -0.4 is 10.1 Å². The van der Waals surface area contributed by atoms with Crippen molar-refractivity contribution in [2.24, 2.45) is 0 Å². The molecule has 0 heterocycles. The lowest BCUT2D eigenvalue weighted by Gasteiger charge is -2.11. The average molecular weight is 404 g/mol. The molecule has 0 fully saturated rings. The number of hydrogen-bond acceptors (Lipinski definition) is 4. The molecule has 0 saturated carbocycles. The fraction of sp³-hybridized carbons (Fsp3) is 0.100. The molecule has 0 saturated heterocycles. The summed E-state index contributed by atoms with van der Waals surface area (Å²) in [5.74, 6) is -0.515. The standard InChI is InChI=1S/C20H15Cl2NO4/c1-26-17-10-9-14(12-5-2-3-6-13(12)17)20(25)27-11-18(24)23-19-15(21)7-4-8-16(19)22/h2-10H,11H2,1H3,(H,23,24). The molecule has 0 aliphatic heterocycles. The number of carbonyl (C=O) groups excluding carboxylic acids is 2. The molecule has 0 bridgehead atoms. The monoisotopic (exact) mass is 403 g/mol. The number of rotatable bonds is 5. The van der Waals surface area contributed by atoms with Crippen molar-refractivity contribution in [3.8, 4) is 5.75 Å². The molecule has 3 aromatic rings. The smallest absolute Gasteiger partial charge is 0.339 e. The molecule has 0 aromatic heterocycles. The van der Waals surface area contributed by atoms with Crippen molar-refractivity contribution in [3.63, 3.8) is 0 Å². The normalized spacial score (nSPS) is 10.5. The van der Waals surface area contributed by atoms with E-state index in [0.717, 1.165) is 5.39 Å². The lowest BCUT2D eigenvalue weighted by atomic mass is 10.0. The first-order chi connectivity index (χ1) is 13.0. The van der Waals surface area contributed by atoms with Crippen LogP contribution in [0.4, 0.5) is 5.69 Å². The van der Waals surface area contributed by atoms with Crippen molar-refractivity contribution in [2.45, 2.75) is 0 Å². The second-order valence-electron chi connectivity index (χ2n) is 5.58. The molecule has 0 aliphatic carbocycles. The summed E-state index contributed by atoms with van der Waals surface area (Å²) in [7, 11) is 1.56. The van der Waals surface area contributed by atoms with E-state index in [1.54, 1.807) is 43.5 Å². The summed E-state index contributed by atoms with van der Waals surface area (Å²) in [5.41, 5.74) is 0.617. The second kappa shape index (κ2) is 8.29. The zero-order valence-corrected chi connectivity index (χ0v) is 15.8. The third-order valence-corrected chi connectivity index (χ3v) is 4.52. The molecule has 0 unspecified atom stereocenters. The number of ether oxygens (including phenoxy) is 2. The molecule has 27 heavy (non-hydrogen) atoms. The van der Waals surface area contributed by atoms with Crippen LogP contribution in [-0.4, -0.2) is 25.6 Å². The van der Waals surface area contributed by atoms with E-state index < -0.39 is 18.5 Å². The zero-order valence-electron chi connectivity index (χ0n) is 14.3. The number of esters is 1. The number of carbonyl (C=O) groups is 2. The lowest BCUT2D eigenvalue weighted by Crippen LogP contribution is -2.21. The minimum atomic E-state index is -0.616. The van der Waals surface area contributed by atoms with Gasteiger partial charge in [0, 0.05) is 5.39 Å². The van der Waals surface area contributed by atoms with Gasteiger partial charge in [-0.3, -0.25) is 4.79 Å². The van der Waals surface area contributed by atoms with Crippen LogP contribution in [0, 0.1) is 0 Å². The number of methoxy groups -OCH3 is 1. The highest BCUT2D eigenvalue weighted by Gasteiger charge is 2.16. The Labute approximate surface area is 165 Å². The topological polar surface area (TPSA) is 64.6 Å². The molecule has 0 aliphatic rings. The van der Waals surface area contributed by atoms with Gasteiger partial charge in [0.15, 0.2) is 6.61 Å². The molecular formula is C20H15Cl2NO4. The van der Waals surface area contributed by atoms with Crippen LogP contribution in [-0.2, 0) is 9.53 Å². The molecule has 3 aromatic carbocycles. The summed E-state index contributed by atoms with van der Waals surface area (Å²) in [6.07, 6.45) is 0. The Bertz CT molecular complexity index is 1000. The Hall–Kier alpha value is -2.76. The van der Waals surface area contributed by atoms with E-state index >= 15 is 0 Å². The van der Waals surface area contributed by atoms with E-state index in [2.05, 4.69) is 5.32 Å². The van der Waals surface area contributed by atoms with Crippen molar-refractivity contribution < 1.29 is 19.1 Å². The average Bonchev–Trinajstić information content (AvgIpc) is 2.68. The van der Waals surface area contributed by atoms with Crippen LogP contribution in [0.2, 0.25) is 10.0 Å². The van der Waals surface area contributed by atoms with Gasteiger partial charge in [0.1, 0.15) is 5.75 Å². The van der Waals surface area contributed by atoms with E-state index in [-0.39, 0.29) is 5.69 Å². The quantitative estimate of drug-likeness (QED) is 0.612. The highest BCUT2D eigenvalue weighted by Crippen LogP contribution is 2.30. The van der Waals surface area contributed by atoms with Crippen molar-refractivity contribution in [1.29, 1.82) is 0 Å². The Morgan fingerprint density at radius 2 is 1.59 bits per heavy atom. The first kappa shape index (κ1) is 19.0. The summed E-state index contributed by atoms with van der Waals surface area (Å²) in [4.78, 5) is 24.5. The molecular weight excluding hydrogens is 389 g/mol. The van der Waals surface area contributed by atoms with Gasteiger partial charge in [-0.1, -0.05) is 53.5 Å². The molecule has 0 spiro atoms. The lowest BCUT2D eigenvalue weighted by molar-refractivity contribution is -0.119. The van der Waals surface area contributed by atoms with E-state index in [0.29, 0.717) is 26.7 Å². The molecule has 1 N–H and O–H groups in total. The van der Waals surface area contributed by atoms with Crippen molar-refractivity contribution in [2.75, 3.05) is 19.0 Å². The molecule has 5 nitrogen and oxygen atoms in total. The van der Waals surface area contributed by atoms with E-state index in [4.69, 9.17) is 32.7 Å². The minimum Gasteiger partial charge on any atom is -0.496 e. The molecule has 3 rings (SSSR count). The van der Waals surface area contributed by atoms with Crippen LogP contribution in [0.5, 0.6) is 5.75 Å². The van der Waals surface area contributed by atoms with Gasteiger partial charge in [0.05, 0.1) is 28.4 Å². The van der Waals surface area contributed by atoms with Crippen LogP contribution in [0.1, 0.15) is 10.4 Å². The summed E-state index contributed by atoms with van der Waals surface area (Å²) >= 11 is 12.0. The first-order valence-corrected chi connectivity index (χ1v) is 8.73. The van der Waals surface area contributed by atoms with Crippen LogP contribution in [0.15, 0.2) is 54.6 Å². The number of nitrogens with one attached hydrogen (secondary N) is 1. The summed E-state index contributed by atoms with van der Waals surface area (Å²) in [6, 6.07) is 15.4. The van der Waals surface area contributed by atoms with Gasteiger partial charge in [-0.2, -0.15) is 0 Å². The zero-order chi connectivity index (χ0) is 19.4. The van der Waals surface area contributed by atoms with Gasteiger partial charge in [0.2, 0.25) is 0 Å². The first-order valence-electron chi connectivity index (χ1n) is 7.98. The van der Waals surface area contributed by atoms with Crippen molar-refractivity contribution in [3.05, 3.63) is 70.2 Å². The molecule has 7 heteroatoms. The van der Waals surface area contributed by atoms with Crippen LogP contribution in [0.3, 0.4) is 0 Å². The van der Waals surface area contributed by atoms with Gasteiger partial charge in [-0.05, 0) is 29.7 Å². The second-order valence-corrected chi connectivity index (χ2v) is 6.40. The third-order valence-electron chi connectivity index (χ3n) is 3.89. The van der Waals surface area contributed by atoms with Gasteiger partial charge < -0.3 is 14.8 Å². The Morgan fingerprint density at radius 3 is 2.26 bits per heavy atom. The Morgan fingerprint density at radius 1 is 0.926 bits per heavy atom. The SMILES string of the molecule is COc1ccc(C(=O)OCC(=O)Nc2c(Cl)cccc2Cl)c2ccccc12. The number of amides is 1. The maximum absolute atomic E-state index is 12.5. The largest absolute Gasteiger partial charge is 0.496 e. The Kier molecular flexibility index (Phi) is 5.84. The van der Waals surface area contributed by atoms with Gasteiger partial charge >= 0.3 is 5.97 Å². The van der Waals surface area contributed by atoms with Crippen LogP contribution >= 0.6 is 23.2 Å². The third kappa shape index (κ3) is 4.15. The number of anilines is 1. The molecule has 0 atom stereocenters. The predicted octanol–water partition coefficient (Wildman–Crippen LogP) is 4.95. The number of fused-ring (bicyclic) bond motifs is 1. The number of benzene rings is 3. The van der Waals surface area contributed by atoms with E-state index in [1.807, 2.05) is 18.2 Å². The minimum absolute atomic E-state index is 0.275. The van der Waals surface area contributed by atoms with Gasteiger partial charge in [-0.25, -0.2) is 4.79 Å². The molecule has 0 radical (unpaired) electrons. The van der Waals surface area contributed by atoms with E-state index in [1.165, 1.54) is 0 Å². The molecule has 1 amide bonds. The fourth-order valence-electron chi connectivity index (χ4n) is 2.63. The fourth-order valence-corrected chi connectivity index (χ4v) is 3.12. The maximum Gasteiger partial charge on any atom is 0.339 e. The highest BCUT2D eigenvalue weighted by molar-refractivity contribution is 6.39. The number of hydrogen-bond donors (Lipinski definition) is 1. The molecule has 138 valence electrons. The van der Waals surface area contributed by atoms with Gasteiger partial charge in [-0.15, -0.1) is 0 Å². The predicted molar refractivity (Wildman–Crippen MR) is 106 cm³/mol. The van der Waals surface area contributed by atoms with Gasteiger partial charge in [0.25, 0.3) is 5.91 Å². The van der Waals surface area contributed by atoms with Crippen molar-refractivity contribution in [1.82, 2.24) is 0 Å². The highest BCUT2D eigenvalue weighted by atomic mass is 35.5. The maximum atomic E-state index is 12.5. The summed E-state index contributed by atoms with van der Waals surface area (Å²) in [6.45, 7) is -0.471. The number of para-hydroxylation sites is 1. The number of halogens is 2. The summed E-state index contributed by atoms with van der Waals surface area (Å²) in [5, 5.41) is 4.59. The van der Waals surface area contributed by atoms with E-state index in [9.17, 15) is 9.59 Å².